The van der Waals surface area contributed by atoms with Crippen molar-refractivity contribution in [2.45, 2.75) is 32.2 Å². The Morgan fingerprint density at radius 1 is 1.07 bits per heavy atom. The molecule has 0 unspecified atom stereocenters. The minimum absolute atomic E-state index is 0.179. The first-order valence-electron chi connectivity index (χ1n) is 10.5. The number of allylic oxidation sites excluding steroid dienone is 1. The Balaban J connectivity index is 1.67. The third-order valence-corrected chi connectivity index (χ3v) is 5.87. The minimum atomic E-state index is -0.193. The molecule has 2 N–H and O–H groups in total. The summed E-state index contributed by atoms with van der Waals surface area (Å²) >= 11 is 0. The van der Waals surface area contributed by atoms with Crippen molar-refractivity contribution in [1.82, 2.24) is 0 Å². The first kappa shape index (κ1) is 20.3. The van der Waals surface area contributed by atoms with Crippen molar-refractivity contribution in [1.29, 1.82) is 0 Å². The summed E-state index contributed by atoms with van der Waals surface area (Å²) in [6.07, 6.45) is 6.56. The van der Waals surface area contributed by atoms with Gasteiger partial charge in [-0.05, 0) is 50.0 Å². The van der Waals surface area contributed by atoms with Gasteiger partial charge in [-0.2, -0.15) is 0 Å². The number of fused-ring (bicyclic) bond motifs is 1. The maximum Gasteiger partial charge on any atom is 0.231 e. The predicted molar refractivity (Wildman–Crippen MR) is 113 cm³/mol. The van der Waals surface area contributed by atoms with Crippen LogP contribution in [-0.4, -0.2) is 38.2 Å². The summed E-state index contributed by atoms with van der Waals surface area (Å²) in [4.78, 5) is 14.4. The summed E-state index contributed by atoms with van der Waals surface area (Å²) in [5.74, 6) is 1.80. The number of Topliss-reactive ketones (excluding diaryl/α,β-unsaturated/α-hetero) is 1. The lowest BCUT2D eigenvalue weighted by molar-refractivity contribution is -0.913. The number of carbonyl (C=O) groups excluding carboxylic acids is 1. The Kier molecular flexibility index (Phi) is 5.95. The van der Waals surface area contributed by atoms with E-state index in [1.165, 1.54) is 30.6 Å². The molecule has 2 heterocycles. The van der Waals surface area contributed by atoms with E-state index in [2.05, 4.69) is 0 Å². The number of carbonyl (C=O) groups is 1. The highest BCUT2D eigenvalue weighted by molar-refractivity contribution is 6.15. The van der Waals surface area contributed by atoms with Crippen LogP contribution < -0.4 is 19.1 Å². The summed E-state index contributed by atoms with van der Waals surface area (Å²) in [5.41, 5.74) is 1.89. The fourth-order valence-electron chi connectivity index (χ4n) is 4.29. The average Bonchev–Trinajstić information content (AvgIpc) is 2.92. The Labute approximate surface area is 176 Å². The minimum Gasteiger partial charge on any atom is -0.507 e. The number of para-hydroxylation sites is 1. The van der Waals surface area contributed by atoms with Crippen molar-refractivity contribution >= 4 is 11.9 Å². The number of methoxy groups -OCH3 is 2. The lowest BCUT2D eigenvalue weighted by atomic mass is 10.0. The molecule has 6 nitrogen and oxygen atoms in total. The van der Waals surface area contributed by atoms with Crippen LogP contribution in [0.1, 0.15) is 47.2 Å². The van der Waals surface area contributed by atoms with Crippen LogP contribution in [0.15, 0.2) is 36.1 Å². The smallest absolute Gasteiger partial charge is 0.231 e. The molecule has 2 aliphatic rings. The van der Waals surface area contributed by atoms with Crippen molar-refractivity contribution in [2.75, 3.05) is 27.3 Å². The fourth-order valence-corrected chi connectivity index (χ4v) is 4.29. The number of ether oxygens (including phenoxy) is 3. The van der Waals surface area contributed by atoms with E-state index in [1.807, 2.05) is 12.1 Å². The molecule has 0 aliphatic carbocycles. The molecule has 0 spiro atoms. The average molecular weight is 410 g/mol. The quantitative estimate of drug-likeness (QED) is 0.742. The number of ketones is 1. The molecule has 1 saturated heterocycles. The van der Waals surface area contributed by atoms with Crippen molar-refractivity contribution < 1.29 is 29.0 Å². The highest BCUT2D eigenvalue weighted by Crippen LogP contribution is 2.40. The van der Waals surface area contributed by atoms with E-state index in [0.717, 1.165) is 13.1 Å². The second-order valence-electron chi connectivity index (χ2n) is 7.80. The summed E-state index contributed by atoms with van der Waals surface area (Å²) in [5, 5.41) is 10.5. The maximum absolute atomic E-state index is 13.0. The molecule has 0 atom stereocenters. The molecule has 0 bridgehead atoms. The number of rotatable bonds is 5. The van der Waals surface area contributed by atoms with E-state index in [-0.39, 0.29) is 17.3 Å². The summed E-state index contributed by atoms with van der Waals surface area (Å²) < 4.78 is 16.8. The number of quaternary nitrogens is 1. The topological polar surface area (TPSA) is 69.4 Å². The Bertz CT molecular complexity index is 974. The van der Waals surface area contributed by atoms with Gasteiger partial charge in [0.2, 0.25) is 5.78 Å². The SMILES string of the molecule is COc1cccc(/C=C2\Oc3c(ccc(O)c3C[NH+]3CCCCCC3)C2=O)c1OC. The van der Waals surface area contributed by atoms with E-state index in [4.69, 9.17) is 14.2 Å². The van der Waals surface area contributed by atoms with Crippen LogP contribution >= 0.6 is 0 Å². The van der Waals surface area contributed by atoms with Crippen molar-refractivity contribution in [3.05, 3.63) is 52.8 Å². The summed E-state index contributed by atoms with van der Waals surface area (Å²) in [7, 11) is 3.13. The lowest BCUT2D eigenvalue weighted by Gasteiger charge is -2.19. The van der Waals surface area contributed by atoms with Crippen LogP contribution in [0.4, 0.5) is 0 Å². The molecule has 0 amide bonds. The number of phenols is 1. The van der Waals surface area contributed by atoms with E-state index in [1.54, 1.807) is 38.5 Å². The van der Waals surface area contributed by atoms with Gasteiger partial charge in [0.1, 0.15) is 12.3 Å². The number of hydrogen-bond acceptors (Lipinski definition) is 5. The van der Waals surface area contributed by atoms with Gasteiger partial charge < -0.3 is 24.2 Å². The normalized spacial score (nSPS) is 18.1. The molecule has 2 aliphatic heterocycles. The van der Waals surface area contributed by atoms with E-state index in [9.17, 15) is 9.90 Å². The Morgan fingerprint density at radius 2 is 1.83 bits per heavy atom. The van der Waals surface area contributed by atoms with Gasteiger partial charge in [-0.3, -0.25) is 4.79 Å². The van der Waals surface area contributed by atoms with Gasteiger partial charge in [-0.15, -0.1) is 0 Å². The van der Waals surface area contributed by atoms with Crippen LogP contribution in [-0.2, 0) is 6.54 Å². The molecule has 0 aromatic heterocycles. The van der Waals surface area contributed by atoms with Crippen molar-refractivity contribution in [3.8, 4) is 23.0 Å². The zero-order valence-electron chi connectivity index (χ0n) is 17.5. The van der Waals surface area contributed by atoms with Gasteiger partial charge in [-0.1, -0.05) is 12.1 Å². The molecule has 30 heavy (non-hydrogen) atoms. The van der Waals surface area contributed by atoms with Crippen molar-refractivity contribution in [3.63, 3.8) is 0 Å². The molecule has 1 fully saturated rings. The molecule has 0 saturated carbocycles. The number of likely N-dealkylation sites (tertiary alicyclic amines) is 1. The molecule has 0 radical (unpaired) electrons. The zero-order valence-corrected chi connectivity index (χ0v) is 17.5. The van der Waals surface area contributed by atoms with Gasteiger partial charge in [0.25, 0.3) is 0 Å². The van der Waals surface area contributed by atoms with E-state index < -0.39 is 0 Å². The first-order chi connectivity index (χ1) is 14.6. The van der Waals surface area contributed by atoms with Crippen LogP contribution in [0.3, 0.4) is 0 Å². The largest absolute Gasteiger partial charge is 0.507 e. The second kappa shape index (κ2) is 8.79. The van der Waals surface area contributed by atoms with Gasteiger partial charge in [-0.25, -0.2) is 0 Å². The predicted octanol–water partition coefficient (Wildman–Crippen LogP) is 2.98. The summed E-state index contributed by atoms with van der Waals surface area (Å²) in [6, 6.07) is 8.71. The first-order valence-corrected chi connectivity index (χ1v) is 10.5. The highest BCUT2D eigenvalue weighted by Gasteiger charge is 2.33. The number of nitrogens with one attached hydrogen (secondary N) is 1. The van der Waals surface area contributed by atoms with Gasteiger partial charge in [0.05, 0.1) is 38.4 Å². The van der Waals surface area contributed by atoms with E-state index in [0.29, 0.717) is 40.5 Å². The van der Waals surface area contributed by atoms with Crippen molar-refractivity contribution in [2.24, 2.45) is 0 Å². The standard InChI is InChI=1S/C24H27NO5/c1-28-20-9-7-8-16(23(20)29-2)14-21-22(27)17-10-11-19(26)18(24(17)30-21)15-25-12-5-3-4-6-13-25/h7-11,14,26H,3-6,12-13,15H2,1-2H3/p+1/b21-14-. The molecular formula is C24H28NO5+. The Morgan fingerprint density at radius 3 is 2.53 bits per heavy atom. The molecule has 2 aromatic carbocycles. The number of hydrogen-bond donors (Lipinski definition) is 2. The lowest BCUT2D eigenvalue weighted by Crippen LogP contribution is -3.10. The molecular weight excluding hydrogens is 382 g/mol. The van der Waals surface area contributed by atoms with Gasteiger partial charge in [0.15, 0.2) is 23.0 Å². The molecule has 4 rings (SSSR count). The number of aromatic hydroxyl groups is 1. The van der Waals surface area contributed by atoms with E-state index >= 15 is 0 Å². The maximum atomic E-state index is 13.0. The second-order valence-corrected chi connectivity index (χ2v) is 7.80. The monoisotopic (exact) mass is 410 g/mol. The van der Waals surface area contributed by atoms with Crippen LogP contribution in [0.25, 0.3) is 6.08 Å². The molecule has 158 valence electrons. The van der Waals surface area contributed by atoms with Crippen LogP contribution in [0, 0.1) is 0 Å². The molecule has 6 heteroatoms. The summed E-state index contributed by atoms with van der Waals surface area (Å²) in [6.45, 7) is 2.79. The van der Waals surface area contributed by atoms with Gasteiger partial charge >= 0.3 is 0 Å². The van der Waals surface area contributed by atoms with Crippen LogP contribution in [0.5, 0.6) is 23.0 Å². The van der Waals surface area contributed by atoms with Gasteiger partial charge in [0, 0.05) is 5.56 Å². The number of phenolic OH excluding ortho intramolecular Hbond substituents is 1. The Hall–Kier alpha value is -2.99. The third-order valence-electron chi connectivity index (χ3n) is 5.87. The zero-order chi connectivity index (χ0) is 21.1. The third kappa shape index (κ3) is 3.87. The number of benzene rings is 2. The molecule has 2 aromatic rings. The fraction of sp³-hybridized carbons (Fsp3) is 0.375. The highest BCUT2D eigenvalue weighted by atomic mass is 16.5. The van der Waals surface area contributed by atoms with Crippen LogP contribution in [0.2, 0.25) is 0 Å².